The summed E-state index contributed by atoms with van der Waals surface area (Å²) in [6, 6.07) is 9.94. The first kappa shape index (κ1) is 53.3. The Hall–Kier alpha value is -6.10. The molecule has 0 saturated carbocycles. The van der Waals surface area contributed by atoms with E-state index in [-0.39, 0.29) is 52.1 Å². The number of nitrogens with one attached hydrogen (secondary N) is 1. The number of ketones is 3. The zero-order valence-electron chi connectivity index (χ0n) is 42.7. The van der Waals surface area contributed by atoms with Crippen molar-refractivity contribution in [2.75, 3.05) is 38.2 Å². The van der Waals surface area contributed by atoms with Gasteiger partial charge in [-0.2, -0.15) is 5.10 Å². The van der Waals surface area contributed by atoms with Gasteiger partial charge in [-0.05, 0) is 59.8 Å². The van der Waals surface area contributed by atoms with Crippen molar-refractivity contribution in [2.45, 2.75) is 125 Å². The molecule has 4 aliphatic heterocycles. The Kier molecular flexibility index (Phi) is 17.0. The topological polar surface area (TPSA) is 192 Å². The van der Waals surface area contributed by atoms with E-state index in [1.54, 1.807) is 30.2 Å². The van der Waals surface area contributed by atoms with E-state index in [4.69, 9.17) is 28.4 Å². The number of hydrogen-bond acceptors (Lipinski definition) is 15. The van der Waals surface area contributed by atoms with Crippen LogP contribution < -0.4 is 15.0 Å². The van der Waals surface area contributed by atoms with Gasteiger partial charge in [-0.15, -0.1) is 0 Å². The predicted octanol–water partition coefficient (Wildman–Crippen LogP) is 7.67. The SMILES string of the molecule is CO[C@H]1/C=C/O[C@@]2(C)Oc3c(C)c(O)c4c(c3C2=O)C(=O)C(/C=N/N2CCN(c3ccccc3)CC2)=C(NC(=O)/C(C)=C\C=C\[C@H](C)[C@H](OC(C)C)[C@@H](C)[C@@H](OC(C)C)[C@@H](C)[C@H](OC(C)=O)[C@@H]1C)C4=O. The van der Waals surface area contributed by atoms with Crippen LogP contribution in [-0.2, 0) is 33.3 Å². The van der Waals surface area contributed by atoms with Gasteiger partial charge in [-0.1, -0.05) is 64.1 Å². The Bertz CT molecular complexity index is 2470. The molecule has 70 heavy (non-hydrogen) atoms. The summed E-state index contributed by atoms with van der Waals surface area (Å²) in [5, 5.41) is 20.8. The van der Waals surface area contributed by atoms with Crippen molar-refractivity contribution in [1.29, 1.82) is 0 Å². The van der Waals surface area contributed by atoms with E-state index in [0.29, 0.717) is 26.2 Å². The van der Waals surface area contributed by atoms with Gasteiger partial charge in [0.25, 0.3) is 11.7 Å². The number of methoxy groups -OCH3 is 1. The van der Waals surface area contributed by atoms with Crippen molar-refractivity contribution in [3.63, 3.8) is 0 Å². The summed E-state index contributed by atoms with van der Waals surface area (Å²) < 4.78 is 37.6. The smallest absolute Gasteiger partial charge is 0.312 e. The number of rotatable bonds is 9. The normalized spacial score (nSPS) is 29.8. The minimum atomic E-state index is -2.08. The average Bonchev–Trinajstić information content (AvgIpc) is 3.58. The number of para-hydroxylation sites is 1. The molecule has 16 nitrogen and oxygen atoms in total. The number of ether oxygens (including phenoxy) is 6. The van der Waals surface area contributed by atoms with Gasteiger partial charge in [0.05, 0.1) is 78.3 Å². The monoisotopic (exact) mass is 966 g/mol. The number of benzene rings is 2. The van der Waals surface area contributed by atoms with Crippen molar-refractivity contribution >= 4 is 41.1 Å². The quantitative estimate of drug-likeness (QED) is 0.184. The summed E-state index contributed by atoms with van der Waals surface area (Å²) >= 11 is 0. The number of aromatic hydroxyl groups is 1. The molecule has 5 aliphatic rings. The van der Waals surface area contributed by atoms with Gasteiger partial charge in [-0.25, -0.2) is 0 Å². The second kappa shape index (κ2) is 22.3. The third kappa shape index (κ3) is 11.2. The van der Waals surface area contributed by atoms with E-state index in [9.17, 15) is 29.1 Å². The molecule has 378 valence electrons. The maximum absolute atomic E-state index is 15.0. The Balaban J connectivity index is 1.48. The highest BCUT2D eigenvalue weighted by molar-refractivity contribution is 6.37. The molecule has 0 aromatic heterocycles. The molecule has 0 radical (unpaired) electrons. The highest BCUT2D eigenvalue weighted by Crippen LogP contribution is 2.48. The molecule has 2 N–H and O–H groups in total. The predicted molar refractivity (Wildman–Crippen MR) is 265 cm³/mol. The number of allylic oxidation sites excluding steroid dienone is 4. The lowest BCUT2D eigenvalue weighted by Crippen LogP contribution is -2.49. The summed E-state index contributed by atoms with van der Waals surface area (Å²) in [7, 11) is 1.50. The number of hydrazone groups is 1. The summed E-state index contributed by atoms with van der Waals surface area (Å²) in [4.78, 5) is 73.6. The minimum Gasteiger partial charge on any atom is -0.507 e. The first-order valence-corrected chi connectivity index (χ1v) is 24.2. The lowest BCUT2D eigenvalue weighted by atomic mass is 9.78. The minimum absolute atomic E-state index is 0.00763. The van der Waals surface area contributed by atoms with Crippen LogP contribution in [0.25, 0.3) is 0 Å². The number of amides is 1. The molecule has 0 unspecified atom stereocenters. The maximum Gasteiger partial charge on any atom is 0.312 e. The first-order chi connectivity index (χ1) is 33.1. The van der Waals surface area contributed by atoms with E-state index in [1.165, 1.54) is 40.4 Å². The number of phenols is 1. The van der Waals surface area contributed by atoms with Crippen LogP contribution in [0.5, 0.6) is 11.5 Å². The van der Waals surface area contributed by atoms with Crippen LogP contribution in [0.1, 0.15) is 113 Å². The Morgan fingerprint density at radius 3 is 2.10 bits per heavy atom. The molecule has 1 aliphatic carbocycles. The number of phenolic OH excluding ortho intramolecular Hbond substituents is 1. The van der Waals surface area contributed by atoms with Gasteiger partial charge < -0.3 is 43.7 Å². The van der Waals surface area contributed by atoms with E-state index in [1.807, 2.05) is 91.8 Å². The van der Waals surface area contributed by atoms with E-state index >= 15 is 0 Å². The average molecular weight is 967 g/mol. The van der Waals surface area contributed by atoms with Crippen LogP contribution >= 0.6 is 0 Å². The maximum atomic E-state index is 15.0. The molecule has 1 saturated heterocycles. The van der Waals surface area contributed by atoms with Gasteiger partial charge in [0.15, 0.2) is 5.78 Å². The molecule has 1 amide bonds. The summed E-state index contributed by atoms with van der Waals surface area (Å²) in [6.07, 6.45) is 6.52. The number of Topliss-reactive ketones (excluding diaryl/α,β-unsaturated/α-hetero) is 3. The molecular weight excluding hydrogens is 897 g/mol. The number of fused-ring (bicyclic) bond motifs is 14. The van der Waals surface area contributed by atoms with Gasteiger partial charge >= 0.3 is 11.8 Å². The van der Waals surface area contributed by atoms with Crippen molar-refractivity contribution < 1.29 is 57.5 Å². The van der Waals surface area contributed by atoms with Crippen molar-refractivity contribution in [2.24, 2.45) is 28.8 Å². The van der Waals surface area contributed by atoms with Crippen LogP contribution in [0.3, 0.4) is 0 Å². The molecular formula is C54H70N4O12. The molecule has 9 atom stereocenters. The number of carbonyl (C=O) groups excluding carboxylic acids is 5. The van der Waals surface area contributed by atoms with Crippen LogP contribution in [-0.4, -0.2) is 121 Å². The van der Waals surface area contributed by atoms with Gasteiger partial charge in [-0.3, -0.25) is 29.0 Å². The number of piperazine rings is 1. The molecule has 5 bridgehead atoms. The Morgan fingerprint density at radius 1 is 0.857 bits per heavy atom. The fourth-order valence-electron chi connectivity index (χ4n) is 9.78. The molecule has 7 rings (SSSR count). The number of esters is 1. The van der Waals surface area contributed by atoms with Gasteiger partial charge in [0.1, 0.15) is 23.3 Å². The lowest BCUT2D eigenvalue weighted by molar-refractivity contribution is -0.170. The summed E-state index contributed by atoms with van der Waals surface area (Å²) in [6.45, 7) is 23.6. The number of carbonyl (C=O) groups is 5. The van der Waals surface area contributed by atoms with Crippen molar-refractivity contribution in [3.8, 4) is 11.5 Å². The first-order valence-electron chi connectivity index (χ1n) is 24.2. The van der Waals surface area contributed by atoms with Gasteiger partial charge in [0, 0.05) is 74.5 Å². The van der Waals surface area contributed by atoms with E-state index in [0.717, 1.165) is 5.69 Å². The van der Waals surface area contributed by atoms with Crippen LogP contribution in [0.15, 0.2) is 82.8 Å². The van der Waals surface area contributed by atoms with Crippen LogP contribution in [0.2, 0.25) is 0 Å². The standard InChI is InChI=1S/C54H70N4O12/c1-29(2)67-48-31(5)18-17-19-32(6)53(64)56-44-39(28-55-58-25-23-57(24-26-58)38-20-15-14-16-21-38)46(61)41-42(47(44)62)45(60)34(8)51-43(41)52(63)54(12,70-51)66-27-22-40(65-13)33(7)49(69-37(11)59)36(10)50(35(48)9)68-30(3)4/h14-22,27-31,33,35-36,40,48-50,60H,23-26H2,1-13H3,(H,56,64)/b18-17+,27-22+,32-19-,55-28+/t31-,33+,35+,36-,40-,48-,49+,50+,54-/m0/s1. The highest BCUT2D eigenvalue weighted by Gasteiger charge is 2.53. The van der Waals surface area contributed by atoms with E-state index < -0.39 is 93.8 Å². The molecule has 4 heterocycles. The second-order valence-electron chi connectivity index (χ2n) is 19.4. The fraction of sp³-hybridized carbons (Fsp3) is 0.519. The molecule has 1 fully saturated rings. The van der Waals surface area contributed by atoms with Crippen molar-refractivity contribution in [1.82, 2.24) is 10.3 Å². The van der Waals surface area contributed by atoms with Crippen molar-refractivity contribution in [3.05, 3.63) is 100.0 Å². The highest BCUT2D eigenvalue weighted by atomic mass is 16.7. The molecule has 16 heteroatoms. The van der Waals surface area contributed by atoms with Gasteiger partial charge in [0.2, 0.25) is 5.78 Å². The van der Waals surface area contributed by atoms with E-state index in [2.05, 4.69) is 15.3 Å². The summed E-state index contributed by atoms with van der Waals surface area (Å²) in [5.41, 5.74) is -0.558. The Labute approximate surface area is 411 Å². The lowest BCUT2D eigenvalue weighted by Gasteiger charge is -2.42. The molecule has 2 aromatic carbocycles. The number of hydrogen-bond donors (Lipinski definition) is 2. The largest absolute Gasteiger partial charge is 0.507 e. The Morgan fingerprint density at radius 2 is 1.49 bits per heavy atom. The third-order valence-corrected chi connectivity index (χ3v) is 13.5. The fourth-order valence-corrected chi connectivity index (χ4v) is 9.78. The van der Waals surface area contributed by atoms with Crippen LogP contribution in [0.4, 0.5) is 5.69 Å². The van der Waals surface area contributed by atoms with Crippen LogP contribution in [0, 0.1) is 30.6 Å². The zero-order valence-corrected chi connectivity index (χ0v) is 42.7. The third-order valence-electron chi connectivity index (χ3n) is 13.5. The number of nitrogens with zero attached hydrogens (tertiary/aromatic N) is 3. The second-order valence-corrected chi connectivity index (χ2v) is 19.4. The zero-order chi connectivity index (χ0) is 51.4. The summed E-state index contributed by atoms with van der Waals surface area (Å²) in [5.74, 6) is -7.96. The number of anilines is 1. The molecule has 2 aromatic rings. The molecule has 0 spiro atoms.